The lowest BCUT2D eigenvalue weighted by atomic mass is 10.2. The monoisotopic (exact) mass is 223 g/mol. The predicted octanol–water partition coefficient (Wildman–Crippen LogP) is 2.59. The van der Waals surface area contributed by atoms with Crippen molar-refractivity contribution in [2.75, 3.05) is 13.2 Å². The highest BCUT2D eigenvalue weighted by atomic mass is 16.5. The van der Waals surface area contributed by atoms with Gasteiger partial charge in [-0.25, -0.2) is 0 Å². The van der Waals surface area contributed by atoms with Crippen LogP contribution < -0.4 is 15.2 Å². The average molecular weight is 223 g/mol. The molecule has 0 bridgehead atoms. The molecule has 0 saturated heterocycles. The van der Waals surface area contributed by atoms with Crippen LogP contribution in [0.15, 0.2) is 24.3 Å². The molecular weight excluding hydrogens is 202 g/mol. The van der Waals surface area contributed by atoms with Crippen LogP contribution in [-0.2, 0) is 0 Å². The van der Waals surface area contributed by atoms with Crippen molar-refractivity contribution in [3.63, 3.8) is 0 Å². The van der Waals surface area contributed by atoms with Crippen LogP contribution in [0.5, 0.6) is 11.5 Å². The van der Waals surface area contributed by atoms with Crippen molar-refractivity contribution in [1.82, 2.24) is 0 Å². The first kappa shape index (κ1) is 12.8. The summed E-state index contributed by atoms with van der Waals surface area (Å²) in [6, 6.07) is 7.91. The lowest BCUT2D eigenvalue weighted by Crippen LogP contribution is -2.18. The van der Waals surface area contributed by atoms with Crippen molar-refractivity contribution in [3.05, 3.63) is 24.3 Å². The molecule has 90 valence electrons. The molecule has 3 nitrogen and oxygen atoms in total. The minimum Gasteiger partial charge on any atom is -0.490 e. The molecule has 0 radical (unpaired) electrons. The molecule has 0 aliphatic rings. The lowest BCUT2D eigenvalue weighted by molar-refractivity contribution is 0.261. The molecule has 1 rings (SSSR count). The first-order valence-corrected chi connectivity index (χ1v) is 5.84. The SMILES string of the molecule is CCCOc1ccccc1OCCC(C)N. The summed E-state index contributed by atoms with van der Waals surface area (Å²) in [6.45, 7) is 5.40. The Hall–Kier alpha value is -1.22. The Morgan fingerprint density at radius 3 is 2.19 bits per heavy atom. The second kappa shape index (κ2) is 7.12. The summed E-state index contributed by atoms with van der Waals surface area (Å²) in [4.78, 5) is 0. The molecule has 0 heterocycles. The Labute approximate surface area is 97.6 Å². The second-order valence-corrected chi connectivity index (χ2v) is 3.91. The normalized spacial score (nSPS) is 12.2. The van der Waals surface area contributed by atoms with Crippen LogP contribution in [0.1, 0.15) is 26.7 Å². The predicted molar refractivity (Wildman–Crippen MR) is 66.0 cm³/mol. The van der Waals surface area contributed by atoms with Gasteiger partial charge in [-0.1, -0.05) is 19.1 Å². The highest BCUT2D eigenvalue weighted by Gasteiger charge is 2.03. The van der Waals surface area contributed by atoms with Crippen LogP contribution in [-0.4, -0.2) is 19.3 Å². The maximum atomic E-state index is 5.66. The number of para-hydroxylation sites is 2. The van der Waals surface area contributed by atoms with E-state index in [9.17, 15) is 0 Å². The van der Waals surface area contributed by atoms with Crippen LogP contribution in [0.2, 0.25) is 0 Å². The van der Waals surface area contributed by atoms with Gasteiger partial charge in [-0.15, -0.1) is 0 Å². The fourth-order valence-corrected chi connectivity index (χ4v) is 1.26. The van der Waals surface area contributed by atoms with Gasteiger partial charge in [0.15, 0.2) is 11.5 Å². The summed E-state index contributed by atoms with van der Waals surface area (Å²) in [5.41, 5.74) is 5.66. The molecule has 0 aromatic heterocycles. The van der Waals surface area contributed by atoms with Crippen LogP contribution >= 0.6 is 0 Å². The minimum atomic E-state index is 0.170. The summed E-state index contributed by atoms with van der Waals surface area (Å²) >= 11 is 0. The Bertz CT molecular complexity index is 300. The number of ether oxygens (including phenoxy) is 2. The van der Waals surface area contributed by atoms with Gasteiger partial charge in [0.2, 0.25) is 0 Å². The van der Waals surface area contributed by atoms with Crippen molar-refractivity contribution in [3.8, 4) is 11.5 Å². The van der Waals surface area contributed by atoms with E-state index in [2.05, 4.69) is 6.92 Å². The second-order valence-electron chi connectivity index (χ2n) is 3.91. The highest BCUT2D eigenvalue weighted by Crippen LogP contribution is 2.26. The van der Waals surface area contributed by atoms with Gasteiger partial charge in [-0.2, -0.15) is 0 Å². The van der Waals surface area contributed by atoms with Crippen LogP contribution in [0.25, 0.3) is 0 Å². The van der Waals surface area contributed by atoms with Crippen LogP contribution in [0, 0.1) is 0 Å². The Morgan fingerprint density at radius 2 is 1.69 bits per heavy atom. The molecule has 2 N–H and O–H groups in total. The van der Waals surface area contributed by atoms with E-state index in [4.69, 9.17) is 15.2 Å². The molecule has 3 heteroatoms. The van der Waals surface area contributed by atoms with Crippen LogP contribution in [0.3, 0.4) is 0 Å². The Kier molecular flexibility index (Phi) is 5.72. The number of hydrogen-bond acceptors (Lipinski definition) is 3. The summed E-state index contributed by atoms with van der Waals surface area (Å²) in [5, 5.41) is 0. The van der Waals surface area contributed by atoms with Crippen LogP contribution in [0.4, 0.5) is 0 Å². The van der Waals surface area contributed by atoms with Gasteiger partial charge in [0.25, 0.3) is 0 Å². The summed E-state index contributed by atoms with van der Waals surface area (Å²) in [6.07, 6.45) is 1.84. The van der Waals surface area contributed by atoms with Crippen molar-refractivity contribution in [2.24, 2.45) is 5.73 Å². The molecular formula is C13H21NO2. The van der Waals surface area contributed by atoms with E-state index in [1.165, 1.54) is 0 Å². The topological polar surface area (TPSA) is 44.5 Å². The Balaban J connectivity index is 2.49. The molecule has 1 unspecified atom stereocenters. The molecule has 1 aromatic carbocycles. The standard InChI is InChI=1S/C13H21NO2/c1-3-9-15-12-6-4-5-7-13(12)16-10-8-11(2)14/h4-7,11H,3,8-10,14H2,1-2H3. The quantitative estimate of drug-likeness (QED) is 0.772. The third-order valence-corrected chi connectivity index (χ3v) is 2.14. The lowest BCUT2D eigenvalue weighted by Gasteiger charge is -2.12. The summed E-state index contributed by atoms with van der Waals surface area (Å²) in [5.74, 6) is 1.62. The fourth-order valence-electron chi connectivity index (χ4n) is 1.26. The van der Waals surface area contributed by atoms with Gasteiger partial charge in [0.1, 0.15) is 0 Å². The number of hydrogen-bond donors (Lipinski definition) is 1. The molecule has 0 aliphatic carbocycles. The summed E-state index contributed by atoms with van der Waals surface area (Å²) in [7, 11) is 0. The van der Waals surface area contributed by atoms with E-state index in [1.807, 2.05) is 31.2 Å². The van der Waals surface area contributed by atoms with E-state index in [-0.39, 0.29) is 6.04 Å². The molecule has 1 aromatic rings. The number of nitrogens with two attached hydrogens (primary N) is 1. The molecule has 0 amide bonds. The third kappa shape index (κ3) is 4.53. The minimum absolute atomic E-state index is 0.170. The molecule has 1 atom stereocenters. The smallest absolute Gasteiger partial charge is 0.161 e. The molecule has 16 heavy (non-hydrogen) atoms. The zero-order valence-corrected chi connectivity index (χ0v) is 10.1. The van der Waals surface area contributed by atoms with E-state index < -0.39 is 0 Å². The largest absolute Gasteiger partial charge is 0.490 e. The van der Waals surface area contributed by atoms with E-state index in [1.54, 1.807) is 0 Å². The third-order valence-electron chi connectivity index (χ3n) is 2.14. The van der Waals surface area contributed by atoms with Gasteiger partial charge < -0.3 is 15.2 Å². The van der Waals surface area contributed by atoms with Crippen molar-refractivity contribution in [2.45, 2.75) is 32.7 Å². The Morgan fingerprint density at radius 1 is 1.12 bits per heavy atom. The van der Waals surface area contributed by atoms with Crippen molar-refractivity contribution < 1.29 is 9.47 Å². The van der Waals surface area contributed by atoms with E-state index >= 15 is 0 Å². The van der Waals surface area contributed by atoms with Gasteiger partial charge in [-0.05, 0) is 31.9 Å². The molecule has 0 aliphatic heterocycles. The summed E-state index contributed by atoms with van der Waals surface area (Å²) < 4.78 is 11.2. The molecule has 0 saturated carbocycles. The van der Waals surface area contributed by atoms with Gasteiger partial charge in [0, 0.05) is 6.04 Å². The zero-order chi connectivity index (χ0) is 11.8. The number of rotatable bonds is 7. The number of benzene rings is 1. The van der Waals surface area contributed by atoms with E-state index in [0.29, 0.717) is 13.2 Å². The van der Waals surface area contributed by atoms with Gasteiger partial charge >= 0.3 is 0 Å². The van der Waals surface area contributed by atoms with Gasteiger partial charge in [-0.3, -0.25) is 0 Å². The van der Waals surface area contributed by atoms with Crippen molar-refractivity contribution >= 4 is 0 Å². The maximum absolute atomic E-state index is 5.66. The molecule has 0 fully saturated rings. The zero-order valence-electron chi connectivity index (χ0n) is 10.1. The van der Waals surface area contributed by atoms with Crippen molar-refractivity contribution in [1.29, 1.82) is 0 Å². The first-order valence-electron chi connectivity index (χ1n) is 5.84. The van der Waals surface area contributed by atoms with E-state index in [0.717, 1.165) is 24.3 Å². The molecule has 0 spiro atoms. The first-order chi connectivity index (χ1) is 7.74. The fraction of sp³-hybridized carbons (Fsp3) is 0.538. The highest BCUT2D eigenvalue weighted by molar-refractivity contribution is 5.39. The maximum Gasteiger partial charge on any atom is 0.161 e. The average Bonchev–Trinajstić information content (AvgIpc) is 2.27. The van der Waals surface area contributed by atoms with Gasteiger partial charge in [0.05, 0.1) is 13.2 Å².